The second kappa shape index (κ2) is 7.22. The van der Waals surface area contributed by atoms with E-state index in [0.717, 1.165) is 0 Å². The first-order valence-electron chi connectivity index (χ1n) is 5.85. The van der Waals surface area contributed by atoms with E-state index in [1.165, 1.54) is 0 Å². The van der Waals surface area contributed by atoms with E-state index in [0.29, 0.717) is 5.06 Å². The number of imide groups is 1. The van der Waals surface area contributed by atoms with Gasteiger partial charge in [-0.2, -0.15) is 0 Å². The molecule has 112 valence electrons. The van der Waals surface area contributed by atoms with Gasteiger partial charge in [-0.05, 0) is 0 Å². The fraction of sp³-hybridized carbons (Fsp3) is 0.636. The van der Waals surface area contributed by atoms with Crippen molar-refractivity contribution < 1.29 is 33.5 Å². The average molecular weight is 352 g/mol. The summed E-state index contributed by atoms with van der Waals surface area (Å²) < 4.78 is 9.62. The van der Waals surface area contributed by atoms with E-state index in [4.69, 9.17) is 9.47 Å². The number of carbonyl (C=O) groups excluding carboxylic acids is 4. The molecular formula is C11H14BrNO7. The number of rotatable bonds is 5. The Labute approximate surface area is 123 Å². The van der Waals surface area contributed by atoms with Gasteiger partial charge in [0.05, 0.1) is 0 Å². The summed E-state index contributed by atoms with van der Waals surface area (Å²) in [6.45, 7) is 3.32. The van der Waals surface area contributed by atoms with Gasteiger partial charge in [-0.15, -0.1) is 0 Å². The minimum Gasteiger partial charge on any atom is -0.424 e. The van der Waals surface area contributed by atoms with E-state index in [-0.39, 0.29) is 24.1 Å². The van der Waals surface area contributed by atoms with E-state index in [2.05, 4.69) is 20.8 Å². The first-order chi connectivity index (χ1) is 9.35. The zero-order valence-corrected chi connectivity index (χ0v) is 12.5. The number of hydrogen-bond donors (Lipinski definition) is 0. The number of amides is 2. The lowest BCUT2D eigenvalue weighted by molar-refractivity contribution is -0.197. The van der Waals surface area contributed by atoms with Crippen LogP contribution >= 0.6 is 15.9 Å². The van der Waals surface area contributed by atoms with Crippen LogP contribution in [0.5, 0.6) is 0 Å². The van der Waals surface area contributed by atoms with Crippen LogP contribution in [0.15, 0.2) is 0 Å². The molecule has 1 saturated heterocycles. The quantitative estimate of drug-likeness (QED) is 0.316. The van der Waals surface area contributed by atoms with Gasteiger partial charge >= 0.3 is 12.1 Å². The number of hydroxylamine groups is 2. The highest BCUT2D eigenvalue weighted by Gasteiger charge is 2.34. The number of alkyl halides is 1. The van der Waals surface area contributed by atoms with Crippen molar-refractivity contribution >= 4 is 39.9 Å². The van der Waals surface area contributed by atoms with Crippen LogP contribution < -0.4 is 0 Å². The van der Waals surface area contributed by atoms with Crippen molar-refractivity contribution in [2.45, 2.75) is 33.0 Å². The second-order valence-electron chi connectivity index (χ2n) is 4.28. The lowest BCUT2D eigenvalue weighted by Crippen LogP contribution is -2.36. The van der Waals surface area contributed by atoms with Gasteiger partial charge in [0.25, 0.3) is 18.1 Å². The maximum Gasteiger partial charge on any atom is 0.537 e. The van der Waals surface area contributed by atoms with Crippen molar-refractivity contribution in [1.29, 1.82) is 0 Å². The molecular weight excluding hydrogens is 338 g/mol. The first-order valence-corrected chi connectivity index (χ1v) is 6.97. The topological polar surface area (TPSA) is 99.2 Å². The highest BCUT2D eigenvalue weighted by Crippen LogP contribution is 2.15. The van der Waals surface area contributed by atoms with Crippen molar-refractivity contribution in [2.24, 2.45) is 5.92 Å². The molecule has 1 rings (SSSR count). The summed E-state index contributed by atoms with van der Waals surface area (Å²) in [5.74, 6) is -2.18. The van der Waals surface area contributed by atoms with Crippen LogP contribution in [-0.4, -0.2) is 40.6 Å². The molecule has 0 aromatic heterocycles. The monoisotopic (exact) mass is 351 g/mol. The summed E-state index contributed by atoms with van der Waals surface area (Å²) in [7, 11) is 0. The molecule has 1 aliphatic heterocycles. The molecule has 1 aliphatic rings. The van der Waals surface area contributed by atoms with Crippen LogP contribution in [0.3, 0.4) is 0 Å². The third-order valence-corrected chi connectivity index (χ3v) is 2.74. The van der Waals surface area contributed by atoms with Gasteiger partial charge in [0.15, 0.2) is 0 Å². The standard InChI is InChI=1S/C11H14BrNO7/c1-6(2)10(18-9(16)5-12)19-11(17)20-13-7(14)3-4-8(13)15/h6,10H,3-5H2,1-2H3. The zero-order valence-electron chi connectivity index (χ0n) is 11.0. The van der Waals surface area contributed by atoms with Crippen molar-refractivity contribution in [3.63, 3.8) is 0 Å². The predicted molar refractivity (Wildman–Crippen MR) is 67.2 cm³/mol. The molecule has 8 nitrogen and oxygen atoms in total. The van der Waals surface area contributed by atoms with E-state index in [9.17, 15) is 19.2 Å². The molecule has 2 amide bonds. The molecule has 0 bridgehead atoms. The average Bonchev–Trinajstić information content (AvgIpc) is 2.69. The highest BCUT2D eigenvalue weighted by molar-refractivity contribution is 9.09. The van der Waals surface area contributed by atoms with E-state index >= 15 is 0 Å². The van der Waals surface area contributed by atoms with Gasteiger partial charge in [-0.25, -0.2) is 4.79 Å². The van der Waals surface area contributed by atoms with Crippen molar-refractivity contribution in [1.82, 2.24) is 5.06 Å². The van der Waals surface area contributed by atoms with E-state index in [1.807, 2.05) is 0 Å². The van der Waals surface area contributed by atoms with Crippen LogP contribution in [0.2, 0.25) is 0 Å². The number of ether oxygens (including phenoxy) is 2. The number of hydrogen-bond acceptors (Lipinski definition) is 7. The van der Waals surface area contributed by atoms with Gasteiger partial charge in [0, 0.05) is 18.8 Å². The van der Waals surface area contributed by atoms with Gasteiger partial charge in [0.2, 0.25) is 0 Å². The number of esters is 1. The van der Waals surface area contributed by atoms with Crippen LogP contribution in [0, 0.1) is 5.92 Å². The molecule has 9 heteroatoms. The molecule has 0 aromatic rings. The lowest BCUT2D eigenvalue weighted by atomic mass is 10.2. The Hall–Kier alpha value is -1.64. The molecule has 20 heavy (non-hydrogen) atoms. The van der Waals surface area contributed by atoms with Crippen LogP contribution in [0.1, 0.15) is 26.7 Å². The Morgan fingerprint density at radius 1 is 1.20 bits per heavy atom. The van der Waals surface area contributed by atoms with Gasteiger partial charge in [-0.3, -0.25) is 19.2 Å². The van der Waals surface area contributed by atoms with Crippen molar-refractivity contribution in [3.05, 3.63) is 0 Å². The third kappa shape index (κ3) is 4.48. The summed E-state index contributed by atoms with van der Waals surface area (Å²) in [6, 6.07) is 0. The van der Waals surface area contributed by atoms with Crippen LogP contribution in [-0.2, 0) is 28.7 Å². The summed E-state index contributed by atoms with van der Waals surface area (Å²) in [4.78, 5) is 49.6. The Kier molecular flexibility index (Phi) is 5.93. The first kappa shape index (κ1) is 16.4. The zero-order chi connectivity index (χ0) is 15.3. The summed E-state index contributed by atoms with van der Waals surface area (Å²) in [5, 5.41) is 0.295. The molecule has 1 fully saturated rings. The molecule has 0 spiro atoms. The maximum atomic E-state index is 11.5. The molecule has 1 atom stereocenters. The maximum absolute atomic E-state index is 11.5. The lowest BCUT2D eigenvalue weighted by Gasteiger charge is -2.21. The molecule has 0 aromatic carbocycles. The normalized spacial score (nSPS) is 16.3. The fourth-order valence-corrected chi connectivity index (χ4v) is 1.44. The number of halogens is 1. The SMILES string of the molecule is CC(C)C(OC(=O)CBr)OC(=O)ON1C(=O)CCC1=O. The molecule has 0 aliphatic carbocycles. The molecule has 0 radical (unpaired) electrons. The van der Waals surface area contributed by atoms with Gasteiger partial charge < -0.3 is 9.47 Å². The Morgan fingerprint density at radius 3 is 2.20 bits per heavy atom. The molecule has 0 saturated carbocycles. The number of nitrogens with zero attached hydrogens (tertiary/aromatic N) is 1. The summed E-state index contributed by atoms with van der Waals surface area (Å²) >= 11 is 2.90. The molecule has 1 heterocycles. The fourth-order valence-electron chi connectivity index (χ4n) is 1.31. The van der Waals surface area contributed by atoms with Crippen LogP contribution in [0.25, 0.3) is 0 Å². The van der Waals surface area contributed by atoms with Gasteiger partial charge in [-0.1, -0.05) is 34.8 Å². The van der Waals surface area contributed by atoms with Crippen molar-refractivity contribution in [2.75, 3.05) is 5.33 Å². The third-order valence-electron chi connectivity index (χ3n) is 2.29. The molecule has 0 N–H and O–H groups in total. The minimum atomic E-state index is -1.28. The smallest absolute Gasteiger partial charge is 0.424 e. The Balaban J connectivity index is 2.55. The number of carbonyl (C=O) groups is 4. The van der Waals surface area contributed by atoms with Crippen LogP contribution in [0.4, 0.5) is 4.79 Å². The Bertz CT molecular complexity index is 407. The minimum absolute atomic E-state index is 0.0156. The highest BCUT2D eigenvalue weighted by atomic mass is 79.9. The summed E-state index contributed by atoms with van der Waals surface area (Å²) in [5.41, 5.74) is 0. The van der Waals surface area contributed by atoms with Crippen molar-refractivity contribution in [3.8, 4) is 0 Å². The largest absolute Gasteiger partial charge is 0.537 e. The Morgan fingerprint density at radius 2 is 1.75 bits per heavy atom. The van der Waals surface area contributed by atoms with E-state index < -0.39 is 30.2 Å². The summed E-state index contributed by atoms with van der Waals surface area (Å²) in [6.07, 6.45) is -2.48. The second-order valence-corrected chi connectivity index (χ2v) is 4.84. The predicted octanol–water partition coefficient (Wildman–Crippen LogP) is 1.12. The van der Waals surface area contributed by atoms with Gasteiger partial charge in [0.1, 0.15) is 5.33 Å². The molecule has 1 unspecified atom stereocenters. The van der Waals surface area contributed by atoms with E-state index in [1.54, 1.807) is 13.8 Å².